The summed E-state index contributed by atoms with van der Waals surface area (Å²) >= 11 is 0. The van der Waals surface area contributed by atoms with E-state index in [1.807, 2.05) is 29.2 Å². The number of aliphatic imine (C=N–C) groups is 1. The number of sulfonamides is 1. The van der Waals surface area contributed by atoms with Crippen LogP contribution in [0.3, 0.4) is 0 Å². The molecule has 12 heteroatoms. The molecule has 0 bridgehead atoms. The van der Waals surface area contributed by atoms with E-state index in [-0.39, 0.29) is 36.3 Å². The van der Waals surface area contributed by atoms with Crippen molar-refractivity contribution in [3.05, 3.63) is 58.7 Å². The number of aliphatic hydroxyl groups is 1. The van der Waals surface area contributed by atoms with Crippen LogP contribution >= 0.6 is 0 Å². The molecule has 0 aromatic heterocycles. The van der Waals surface area contributed by atoms with Crippen molar-refractivity contribution < 1.29 is 26.7 Å². The Labute approximate surface area is 188 Å². The zero-order chi connectivity index (χ0) is 23.8. The van der Waals surface area contributed by atoms with Gasteiger partial charge >= 0.3 is 6.18 Å². The topological polar surface area (TPSA) is 121 Å². The lowest BCUT2D eigenvalue weighted by Gasteiger charge is -2.35. The Morgan fingerprint density at radius 3 is 2.27 bits per heavy atom. The number of halogens is 3. The molecule has 1 fully saturated rings. The van der Waals surface area contributed by atoms with Crippen molar-refractivity contribution in [2.45, 2.75) is 36.4 Å². The molecule has 2 aliphatic heterocycles. The molecule has 3 N–H and O–H groups in total. The molecule has 0 unspecified atom stereocenters. The molecule has 0 spiro atoms. The number of alkyl halides is 3. The molecule has 176 valence electrons. The van der Waals surface area contributed by atoms with Crippen LogP contribution in [0.1, 0.15) is 41.0 Å². The Morgan fingerprint density at radius 1 is 1.09 bits per heavy atom. The number of aliphatic hydroxyl groups excluding tert-OH is 1. The third-order valence-electron chi connectivity index (χ3n) is 5.87. The van der Waals surface area contributed by atoms with Gasteiger partial charge in [-0.3, -0.25) is 0 Å². The lowest BCUT2D eigenvalue weighted by atomic mass is 9.88. The lowest BCUT2D eigenvalue weighted by molar-refractivity contribution is -0.139. The van der Waals surface area contributed by atoms with Gasteiger partial charge in [-0.2, -0.15) is 18.3 Å². The Hall–Kier alpha value is -2.83. The largest absolute Gasteiger partial charge is 0.417 e. The number of hydrogen-bond donors (Lipinski definition) is 2. The van der Waals surface area contributed by atoms with Gasteiger partial charge in [0.15, 0.2) is 12.5 Å². The van der Waals surface area contributed by atoms with Crippen molar-refractivity contribution in [1.82, 2.24) is 0 Å². The summed E-state index contributed by atoms with van der Waals surface area (Å²) in [5, 5.41) is 21.9. The van der Waals surface area contributed by atoms with Gasteiger partial charge in [0.05, 0.1) is 17.7 Å². The van der Waals surface area contributed by atoms with Crippen molar-refractivity contribution in [2.24, 2.45) is 20.4 Å². The van der Waals surface area contributed by atoms with Crippen molar-refractivity contribution in [3.63, 3.8) is 0 Å². The summed E-state index contributed by atoms with van der Waals surface area (Å²) in [6.45, 7) is 0.836. The van der Waals surface area contributed by atoms with Crippen LogP contribution in [0.25, 0.3) is 0 Å². The van der Waals surface area contributed by atoms with E-state index in [1.54, 1.807) is 0 Å². The molecule has 0 atom stereocenters. The van der Waals surface area contributed by atoms with E-state index in [9.17, 15) is 26.7 Å². The van der Waals surface area contributed by atoms with E-state index < -0.39 is 26.7 Å². The summed E-state index contributed by atoms with van der Waals surface area (Å²) in [6, 6.07) is 9.63. The molecule has 8 nitrogen and oxygen atoms in total. The van der Waals surface area contributed by atoms with E-state index in [1.165, 1.54) is 6.07 Å². The van der Waals surface area contributed by atoms with E-state index in [0.717, 1.165) is 17.2 Å². The fourth-order valence-corrected chi connectivity index (χ4v) is 5.25. The van der Waals surface area contributed by atoms with E-state index in [4.69, 9.17) is 5.14 Å². The highest BCUT2D eigenvalue weighted by Gasteiger charge is 2.40. The second kappa shape index (κ2) is 8.84. The molecule has 33 heavy (non-hydrogen) atoms. The number of azo groups is 1. The monoisotopic (exact) mass is 481 g/mol. The maximum Gasteiger partial charge on any atom is 0.417 e. The average Bonchev–Trinajstić information content (AvgIpc) is 3.32. The van der Waals surface area contributed by atoms with Crippen molar-refractivity contribution in [2.75, 3.05) is 24.7 Å². The number of rotatable bonds is 5. The van der Waals surface area contributed by atoms with Crippen LogP contribution < -0.4 is 10.0 Å². The molecule has 2 aliphatic rings. The summed E-state index contributed by atoms with van der Waals surface area (Å²) in [5.41, 5.74) is 0.582. The molecule has 0 saturated carbocycles. The Bertz CT molecular complexity index is 1200. The van der Waals surface area contributed by atoms with Gasteiger partial charge in [0, 0.05) is 18.8 Å². The van der Waals surface area contributed by atoms with Gasteiger partial charge in [-0.15, -0.1) is 5.11 Å². The first-order valence-electron chi connectivity index (χ1n) is 10.2. The predicted molar refractivity (Wildman–Crippen MR) is 116 cm³/mol. The number of nitrogens with zero attached hydrogens (tertiary/aromatic N) is 4. The molecule has 2 aromatic carbocycles. The minimum atomic E-state index is -4.93. The van der Waals surface area contributed by atoms with Crippen molar-refractivity contribution >= 4 is 21.5 Å². The predicted octanol–water partition coefficient (Wildman–Crippen LogP) is 3.40. The number of amidine groups is 1. The Balaban J connectivity index is 1.72. The maximum absolute atomic E-state index is 13.7. The SMILES string of the molecule is NS(=O)(=O)c1c(C(F)(F)F)ccc(N2CCC(c3ccc(CO)cc3)CC2)c1C1=NCN=N1. The van der Waals surface area contributed by atoms with Gasteiger partial charge in [-0.25, -0.2) is 18.5 Å². The normalized spacial score (nSPS) is 17.5. The minimum Gasteiger partial charge on any atom is -0.392 e. The van der Waals surface area contributed by atoms with Gasteiger partial charge in [-0.1, -0.05) is 24.3 Å². The summed E-state index contributed by atoms with van der Waals surface area (Å²) in [7, 11) is -4.76. The molecule has 0 amide bonds. The second-order valence-corrected chi connectivity index (χ2v) is 9.40. The molecule has 1 saturated heterocycles. The highest BCUT2D eigenvalue weighted by atomic mass is 32.2. The zero-order valence-electron chi connectivity index (χ0n) is 17.5. The summed E-state index contributed by atoms with van der Waals surface area (Å²) < 4.78 is 65.6. The average molecular weight is 482 g/mol. The minimum absolute atomic E-state index is 0.0387. The quantitative estimate of drug-likeness (QED) is 0.680. The van der Waals surface area contributed by atoms with Gasteiger partial charge in [0.2, 0.25) is 10.0 Å². The summed E-state index contributed by atoms with van der Waals surface area (Å²) in [5.74, 6) is 0.0509. The highest BCUT2D eigenvalue weighted by molar-refractivity contribution is 7.89. The molecule has 4 rings (SSSR count). The molecule has 2 heterocycles. The number of hydrogen-bond acceptors (Lipinski definition) is 7. The zero-order valence-corrected chi connectivity index (χ0v) is 18.3. The molecular weight excluding hydrogens is 459 g/mol. The molecular formula is C21H22F3N5O3S. The third kappa shape index (κ3) is 4.77. The Morgan fingerprint density at radius 2 is 1.76 bits per heavy atom. The van der Waals surface area contributed by atoms with Crippen LogP contribution in [-0.2, 0) is 22.8 Å². The number of anilines is 1. The molecule has 0 radical (unpaired) electrons. The highest BCUT2D eigenvalue weighted by Crippen LogP contribution is 2.41. The van der Waals surface area contributed by atoms with E-state index in [2.05, 4.69) is 15.2 Å². The number of piperidine rings is 1. The first-order chi connectivity index (χ1) is 15.6. The fourth-order valence-electron chi connectivity index (χ4n) is 4.28. The van der Waals surface area contributed by atoms with Crippen LogP contribution in [-0.4, -0.2) is 39.1 Å². The van der Waals surface area contributed by atoms with Gasteiger partial charge in [0.1, 0.15) is 4.90 Å². The summed E-state index contributed by atoms with van der Waals surface area (Å²) in [6.07, 6.45) is -3.52. The summed E-state index contributed by atoms with van der Waals surface area (Å²) in [4.78, 5) is 4.79. The van der Waals surface area contributed by atoms with Gasteiger partial charge < -0.3 is 10.0 Å². The molecule has 0 aliphatic carbocycles. The maximum atomic E-state index is 13.7. The van der Waals surface area contributed by atoms with E-state index >= 15 is 0 Å². The van der Waals surface area contributed by atoms with Crippen LogP contribution in [0, 0.1) is 0 Å². The van der Waals surface area contributed by atoms with Crippen LogP contribution in [0.15, 0.2) is 56.5 Å². The Kier molecular flexibility index (Phi) is 6.25. The third-order valence-corrected chi connectivity index (χ3v) is 6.86. The van der Waals surface area contributed by atoms with E-state index in [0.29, 0.717) is 25.9 Å². The standard InChI is InChI=1S/C21H22F3N5O3S/c22-21(23,24)16-5-6-17(18(19(16)33(25,31)32)20-26-12-27-28-20)29-9-7-15(8-10-29)14-3-1-13(11-30)2-4-14/h1-6,15,30H,7-12H2,(H2,25,31,32). The van der Waals surface area contributed by atoms with Gasteiger partial charge in [-0.05, 0) is 42.0 Å². The van der Waals surface area contributed by atoms with Crippen LogP contribution in [0.2, 0.25) is 0 Å². The van der Waals surface area contributed by atoms with Gasteiger partial charge in [0.25, 0.3) is 0 Å². The van der Waals surface area contributed by atoms with Crippen LogP contribution in [0.5, 0.6) is 0 Å². The van der Waals surface area contributed by atoms with Crippen LogP contribution in [0.4, 0.5) is 18.9 Å². The smallest absolute Gasteiger partial charge is 0.392 e. The lowest BCUT2D eigenvalue weighted by Crippen LogP contribution is -2.35. The first-order valence-corrected chi connectivity index (χ1v) is 11.8. The number of primary sulfonamides is 1. The number of benzene rings is 2. The fraction of sp³-hybridized carbons (Fsp3) is 0.381. The second-order valence-electron chi connectivity index (χ2n) is 7.90. The number of nitrogens with two attached hydrogens (primary N) is 1. The van der Waals surface area contributed by atoms with Crippen molar-refractivity contribution in [1.29, 1.82) is 0 Å². The molecule has 2 aromatic rings. The first kappa shape index (κ1) is 23.3. The van der Waals surface area contributed by atoms with Crippen molar-refractivity contribution in [3.8, 4) is 0 Å².